The van der Waals surface area contributed by atoms with E-state index in [1.165, 1.54) is 6.07 Å². The first kappa shape index (κ1) is 22.9. The Morgan fingerprint density at radius 3 is 2.39 bits per heavy atom. The van der Waals surface area contributed by atoms with Crippen LogP contribution in [-0.4, -0.2) is 60.2 Å². The lowest BCUT2D eigenvalue weighted by molar-refractivity contribution is -0.149. The van der Waals surface area contributed by atoms with Crippen LogP contribution < -0.4 is 10.2 Å². The Labute approximate surface area is 190 Å². The van der Waals surface area contributed by atoms with Crippen molar-refractivity contribution in [3.8, 4) is 0 Å². The Morgan fingerprint density at radius 2 is 1.76 bits per heavy atom. The summed E-state index contributed by atoms with van der Waals surface area (Å²) in [5.41, 5.74) is 0.111. The summed E-state index contributed by atoms with van der Waals surface area (Å²) in [7, 11) is 0. The molecule has 3 aliphatic rings. The summed E-state index contributed by atoms with van der Waals surface area (Å²) in [4.78, 5) is 64.1. The number of esters is 1. The van der Waals surface area contributed by atoms with E-state index < -0.39 is 35.5 Å². The smallest absolute Gasteiger partial charge is 0.309 e. The van der Waals surface area contributed by atoms with Gasteiger partial charge in [-0.15, -0.1) is 0 Å². The number of benzene rings is 1. The number of rotatable bonds is 6. The number of fused-ring (bicyclic) bond motifs is 1. The molecule has 2 saturated heterocycles. The number of unbranched alkanes of at least 4 members (excludes halogenated alkanes) is 1. The van der Waals surface area contributed by atoms with Crippen molar-refractivity contribution in [2.75, 3.05) is 24.6 Å². The Hall–Kier alpha value is -3.30. The van der Waals surface area contributed by atoms with Gasteiger partial charge in [0.25, 0.3) is 11.8 Å². The molecular weight excluding hydrogens is 433 g/mol. The summed E-state index contributed by atoms with van der Waals surface area (Å²) in [6, 6.07) is 1.27. The maximum absolute atomic E-state index is 14.9. The Kier molecular flexibility index (Phi) is 6.44. The van der Waals surface area contributed by atoms with Crippen molar-refractivity contribution in [2.24, 2.45) is 5.92 Å². The van der Waals surface area contributed by atoms with E-state index in [-0.39, 0.29) is 41.5 Å². The highest BCUT2D eigenvalue weighted by atomic mass is 19.1. The van der Waals surface area contributed by atoms with Crippen LogP contribution in [0.2, 0.25) is 0 Å². The van der Waals surface area contributed by atoms with Crippen LogP contribution in [0.3, 0.4) is 0 Å². The minimum Gasteiger partial charge on any atom is -0.465 e. The summed E-state index contributed by atoms with van der Waals surface area (Å²) in [5.74, 6) is -3.74. The average molecular weight is 459 g/mol. The van der Waals surface area contributed by atoms with Crippen LogP contribution in [0.5, 0.6) is 0 Å². The molecule has 1 unspecified atom stereocenters. The number of hydrogen-bond acceptors (Lipinski definition) is 7. The van der Waals surface area contributed by atoms with E-state index in [0.717, 1.165) is 23.8 Å². The minimum atomic E-state index is -1.10. The van der Waals surface area contributed by atoms with Crippen molar-refractivity contribution in [1.29, 1.82) is 0 Å². The van der Waals surface area contributed by atoms with Crippen LogP contribution in [0.15, 0.2) is 12.1 Å². The normalized spacial score (nSPS) is 21.3. The molecule has 4 rings (SSSR count). The molecular formula is C23H26FN3O6. The van der Waals surface area contributed by atoms with Gasteiger partial charge in [-0.05, 0) is 37.8 Å². The summed E-state index contributed by atoms with van der Waals surface area (Å²) >= 11 is 0. The molecule has 9 nitrogen and oxygen atoms in total. The molecule has 0 saturated carbocycles. The van der Waals surface area contributed by atoms with Gasteiger partial charge in [0.15, 0.2) is 0 Å². The van der Waals surface area contributed by atoms with Crippen molar-refractivity contribution in [1.82, 2.24) is 10.2 Å². The molecule has 1 aromatic carbocycles. The number of hydrogen-bond donors (Lipinski definition) is 1. The molecule has 0 radical (unpaired) electrons. The standard InChI is InChI=1S/C23H26FN3O6/c1-2-3-10-33-23(32)13-6-8-26(9-7-13)18-12-15-14(11-16(18)24)21(30)27(22(15)31)17-4-5-19(28)25-20(17)29/h11-13,17H,2-10H2,1H3,(H,25,28,29). The molecule has 0 aliphatic carbocycles. The second kappa shape index (κ2) is 9.29. The van der Waals surface area contributed by atoms with E-state index in [9.17, 15) is 28.4 Å². The lowest BCUT2D eigenvalue weighted by atomic mass is 9.96. The summed E-state index contributed by atoms with van der Waals surface area (Å²) < 4.78 is 20.2. The number of nitrogens with zero attached hydrogens (tertiary/aromatic N) is 2. The SMILES string of the molecule is CCCCOC(=O)C1CCN(c2cc3c(cc2F)C(=O)N(C2CCC(=O)NC2=O)C3=O)CC1. The van der Waals surface area contributed by atoms with Crippen molar-refractivity contribution in [2.45, 2.75) is 51.5 Å². The molecule has 1 aromatic rings. The fraction of sp³-hybridized carbons (Fsp3) is 0.522. The van der Waals surface area contributed by atoms with E-state index in [2.05, 4.69) is 5.32 Å². The van der Waals surface area contributed by atoms with Crippen LogP contribution >= 0.6 is 0 Å². The van der Waals surface area contributed by atoms with E-state index in [1.807, 2.05) is 6.92 Å². The van der Waals surface area contributed by atoms with Crippen LogP contribution in [0.25, 0.3) is 0 Å². The maximum Gasteiger partial charge on any atom is 0.309 e. The molecule has 2 fully saturated rings. The largest absolute Gasteiger partial charge is 0.465 e. The number of piperidine rings is 2. The fourth-order valence-electron chi connectivity index (χ4n) is 4.51. The first-order chi connectivity index (χ1) is 15.8. The molecule has 1 atom stereocenters. The zero-order valence-corrected chi connectivity index (χ0v) is 18.4. The lowest BCUT2D eigenvalue weighted by Crippen LogP contribution is -2.54. The van der Waals surface area contributed by atoms with Crippen molar-refractivity contribution < 1.29 is 33.1 Å². The number of imide groups is 2. The van der Waals surface area contributed by atoms with Crippen molar-refractivity contribution in [3.63, 3.8) is 0 Å². The molecule has 3 heterocycles. The van der Waals surface area contributed by atoms with Gasteiger partial charge in [0, 0.05) is 19.5 Å². The van der Waals surface area contributed by atoms with Gasteiger partial charge in [-0.3, -0.25) is 34.2 Å². The molecule has 1 N–H and O–H groups in total. The van der Waals surface area contributed by atoms with Crippen LogP contribution in [-0.2, 0) is 19.1 Å². The van der Waals surface area contributed by atoms with Gasteiger partial charge in [0.05, 0.1) is 29.3 Å². The van der Waals surface area contributed by atoms with E-state index in [4.69, 9.17) is 4.74 Å². The molecule has 3 aliphatic heterocycles. The molecule has 176 valence electrons. The molecule has 33 heavy (non-hydrogen) atoms. The number of amides is 4. The molecule has 10 heteroatoms. The third-order valence-corrected chi connectivity index (χ3v) is 6.42. The Morgan fingerprint density at radius 1 is 1.09 bits per heavy atom. The maximum atomic E-state index is 14.9. The highest BCUT2D eigenvalue weighted by Gasteiger charge is 2.45. The van der Waals surface area contributed by atoms with Gasteiger partial charge in [-0.2, -0.15) is 0 Å². The van der Waals surface area contributed by atoms with Crippen LogP contribution in [0.1, 0.15) is 66.2 Å². The summed E-state index contributed by atoms with van der Waals surface area (Å²) in [6.45, 7) is 3.22. The van der Waals surface area contributed by atoms with Gasteiger partial charge in [0.2, 0.25) is 11.8 Å². The third-order valence-electron chi connectivity index (χ3n) is 6.42. The Bertz CT molecular complexity index is 1020. The van der Waals surface area contributed by atoms with Crippen molar-refractivity contribution >= 4 is 35.3 Å². The lowest BCUT2D eigenvalue weighted by Gasteiger charge is -2.33. The Balaban J connectivity index is 1.48. The number of carbonyl (C=O) groups excluding carboxylic acids is 5. The van der Waals surface area contributed by atoms with Crippen molar-refractivity contribution in [3.05, 3.63) is 29.1 Å². The summed E-state index contributed by atoms with van der Waals surface area (Å²) in [6.07, 6.45) is 2.79. The first-order valence-corrected chi connectivity index (χ1v) is 11.3. The molecule has 0 spiro atoms. The highest BCUT2D eigenvalue weighted by molar-refractivity contribution is 6.23. The zero-order valence-electron chi connectivity index (χ0n) is 18.4. The second-order valence-corrected chi connectivity index (χ2v) is 8.58. The van der Waals surface area contributed by atoms with E-state index >= 15 is 0 Å². The van der Waals surface area contributed by atoms with E-state index in [0.29, 0.717) is 32.5 Å². The average Bonchev–Trinajstić information content (AvgIpc) is 3.03. The topological polar surface area (TPSA) is 113 Å². The minimum absolute atomic E-state index is 0.0131. The molecule has 4 amide bonds. The summed E-state index contributed by atoms with van der Waals surface area (Å²) in [5, 5.41) is 2.13. The quantitative estimate of drug-likeness (QED) is 0.392. The number of ether oxygens (including phenoxy) is 1. The van der Waals surface area contributed by atoms with Gasteiger partial charge in [-0.1, -0.05) is 13.3 Å². The fourth-order valence-corrected chi connectivity index (χ4v) is 4.51. The monoisotopic (exact) mass is 459 g/mol. The number of nitrogens with one attached hydrogen (secondary N) is 1. The van der Waals surface area contributed by atoms with Gasteiger partial charge in [-0.25, -0.2) is 4.39 Å². The predicted molar refractivity (Wildman–Crippen MR) is 114 cm³/mol. The number of anilines is 1. The van der Waals surface area contributed by atoms with Gasteiger partial charge >= 0.3 is 5.97 Å². The third kappa shape index (κ3) is 4.34. The predicted octanol–water partition coefficient (Wildman–Crippen LogP) is 1.79. The molecule has 0 aromatic heterocycles. The molecule has 0 bridgehead atoms. The number of carbonyl (C=O) groups is 5. The van der Waals surface area contributed by atoms with Crippen LogP contribution in [0, 0.1) is 11.7 Å². The second-order valence-electron chi connectivity index (χ2n) is 8.58. The van der Waals surface area contributed by atoms with Gasteiger partial charge in [0.1, 0.15) is 11.9 Å². The van der Waals surface area contributed by atoms with E-state index in [1.54, 1.807) is 4.90 Å². The van der Waals surface area contributed by atoms with Gasteiger partial charge < -0.3 is 9.64 Å². The highest BCUT2D eigenvalue weighted by Crippen LogP contribution is 2.34. The van der Waals surface area contributed by atoms with Crippen LogP contribution in [0.4, 0.5) is 10.1 Å². The number of halogens is 1. The zero-order chi connectivity index (χ0) is 23.7. The first-order valence-electron chi connectivity index (χ1n) is 11.3.